The van der Waals surface area contributed by atoms with Crippen LogP contribution in [0.2, 0.25) is 0 Å². The molecule has 0 bridgehead atoms. The quantitative estimate of drug-likeness (QED) is 0.450. The average Bonchev–Trinajstić information content (AvgIpc) is 3.39. The van der Waals surface area contributed by atoms with Crippen LogP contribution in [0.3, 0.4) is 0 Å². The van der Waals surface area contributed by atoms with E-state index in [0.29, 0.717) is 31.7 Å². The molecule has 1 amide bonds. The van der Waals surface area contributed by atoms with E-state index in [1.165, 1.54) is 16.4 Å². The highest BCUT2D eigenvalue weighted by Gasteiger charge is 2.33. The first kappa shape index (κ1) is 23.2. The van der Waals surface area contributed by atoms with Crippen molar-refractivity contribution in [1.82, 2.24) is 9.21 Å². The Morgan fingerprint density at radius 3 is 2.21 bits per heavy atom. The van der Waals surface area contributed by atoms with Crippen LogP contribution in [0.25, 0.3) is 0 Å². The van der Waals surface area contributed by atoms with E-state index >= 15 is 0 Å². The van der Waals surface area contributed by atoms with Gasteiger partial charge in [-0.3, -0.25) is 14.9 Å². The number of carbonyl (C=O) groups is 1. The minimum atomic E-state index is -3.83. The van der Waals surface area contributed by atoms with Gasteiger partial charge in [-0.1, -0.05) is 30.3 Å². The number of amides is 1. The average molecular weight is 474 g/mol. The van der Waals surface area contributed by atoms with Crippen molar-refractivity contribution in [3.05, 3.63) is 64.2 Å². The molecule has 2 aromatic rings. The predicted molar refractivity (Wildman–Crippen MR) is 121 cm³/mol. The van der Waals surface area contributed by atoms with Crippen molar-refractivity contribution in [2.45, 2.75) is 43.1 Å². The summed E-state index contributed by atoms with van der Waals surface area (Å²) in [5.41, 5.74) is 0.0961. The third kappa shape index (κ3) is 5.01. The summed E-state index contributed by atoms with van der Waals surface area (Å²) in [5, 5.41) is 11.8. The maximum absolute atomic E-state index is 13.3. The zero-order chi connectivity index (χ0) is 23.4. The number of benzene rings is 2. The van der Waals surface area contributed by atoms with Gasteiger partial charge in [0.05, 0.1) is 9.82 Å². The molecule has 2 fully saturated rings. The molecule has 0 N–H and O–H groups in total. The Morgan fingerprint density at radius 1 is 0.939 bits per heavy atom. The number of hydrogen-bond acceptors (Lipinski definition) is 6. The summed E-state index contributed by atoms with van der Waals surface area (Å²) in [4.78, 5) is 26.0. The fraction of sp³-hybridized carbons (Fsp3) is 0.435. The molecule has 176 valence electrons. The molecular formula is C23H27N3O6S. The first-order valence-corrected chi connectivity index (χ1v) is 12.6. The molecule has 2 heterocycles. The molecule has 0 radical (unpaired) electrons. The van der Waals surface area contributed by atoms with Gasteiger partial charge in [0.2, 0.25) is 16.1 Å². The van der Waals surface area contributed by atoms with Crippen LogP contribution in [-0.2, 0) is 14.8 Å². The van der Waals surface area contributed by atoms with E-state index in [1.54, 1.807) is 29.2 Å². The van der Waals surface area contributed by atoms with Crippen molar-refractivity contribution in [2.75, 3.05) is 26.2 Å². The number of nitro groups is 1. The third-order valence-corrected chi connectivity index (χ3v) is 7.96. The Kier molecular flexibility index (Phi) is 6.94. The highest BCUT2D eigenvalue weighted by molar-refractivity contribution is 7.89. The molecule has 4 rings (SSSR count). The van der Waals surface area contributed by atoms with E-state index in [-0.39, 0.29) is 16.6 Å². The Balaban J connectivity index is 1.68. The molecule has 0 aliphatic carbocycles. The lowest BCUT2D eigenvalue weighted by atomic mass is 10.1. The van der Waals surface area contributed by atoms with Crippen molar-refractivity contribution in [1.29, 1.82) is 0 Å². The van der Waals surface area contributed by atoms with Gasteiger partial charge in [0, 0.05) is 37.8 Å². The van der Waals surface area contributed by atoms with Gasteiger partial charge in [-0.05, 0) is 44.2 Å². The third-order valence-electron chi connectivity index (χ3n) is 6.07. The number of ether oxygens (including phenoxy) is 1. The SMILES string of the molecule is O=C([C@@H](Oc1ccc(S(=O)(=O)N2CCCC2)cc1[N+](=O)[O-])c1ccccc1)N1CCCCC1. The Bertz CT molecular complexity index is 1110. The summed E-state index contributed by atoms with van der Waals surface area (Å²) in [7, 11) is -3.83. The number of rotatable bonds is 7. The maximum Gasteiger partial charge on any atom is 0.312 e. The first-order chi connectivity index (χ1) is 15.9. The van der Waals surface area contributed by atoms with Crippen molar-refractivity contribution in [3.63, 3.8) is 0 Å². The van der Waals surface area contributed by atoms with Crippen molar-refractivity contribution >= 4 is 21.6 Å². The van der Waals surface area contributed by atoms with Gasteiger partial charge >= 0.3 is 5.69 Å². The van der Waals surface area contributed by atoms with Crippen LogP contribution in [-0.4, -0.2) is 54.6 Å². The molecule has 2 aliphatic heterocycles. The Labute approximate surface area is 193 Å². The molecule has 0 saturated carbocycles. The summed E-state index contributed by atoms with van der Waals surface area (Å²) < 4.78 is 33.1. The lowest BCUT2D eigenvalue weighted by molar-refractivity contribution is -0.386. The van der Waals surface area contributed by atoms with E-state index in [4.69, 9.17) is 4.74 Å². The highest BCUT2D eigenvalue weighted by atomic mass is 32.2. The number of sulfonamides is 1. The van der Waals surface area contributed by atoms with Crippen LogP contribution in [0, 0.1) is 10.1 Å². The summed E-state index contributed by atoms with van der Waals surface area (Å²) in [6, 6.07) is 12.5. The van der Waals surface area contributed by atoms with Crippen molar-refractivity contribution in [2.24, 2.45) is 0 Å². The predicted octanol–water partition coefficient (Wildman–Crippen LogP) is 3.51. The topological polar surface area (TPSA) is 110 Å². The maximum atomic E-state index is 13.3. The second kappa shape index (κ2) is 9.88. The van der Waals surface area contributed by atoms with Gasteiger partial charge in [0.15, 0.2) is 5.75 Å². The van der Waals surface area contributed by atoms with E-state index in [1.807, 2.05) is 6.07 Å². The number of hydrogen-bond donors (Lipinski definition) is 0. The molecule has 2 aromatic carbocycles. The minimum Gasteiger partial charge on any atom is -0.469 e. The van der Waals surface area contributed by atoms with E-state index in [9.17, 15) is 23.3 Å². The molecule has 0 spiro atoms. The monoisotopic (exact) mass is 473 g/mol. The Morgan fingerprint density at radius 2 is 1.58 bits per heavy atom. The molecule has 33 heavy (non-hydrogen) atoms. The van der Waals surface area contributed by atoms with Gasteiger partial charge in [-0.2, -0.15) is 4.31 Å². The van der Waals surface area contributed by atoms with Crippen LogP contribution in [0.4, 0.5) is 5.69 Å². The minimum absolute atomic E-state index is 0.139. The zero-order valence-corrected chi connectivity index (χ0v) is 19.1. The molecule has 2 saturated heterocycles. The number of likely N-dealkylation sites (tertiary alicyclic amines) is 1. The molecule has 9 nitrogen and oxygen atoms in total. The van der Waals surface area contributed by atoms with Crippen LogP contribution in [0.5, 0.6) is 5.75 Å². The summed E-state index contributed by atoms with van der Waals surface area (Å²) in [6.45, 7) is 2.02. The lowest BCUT2D eigenvalue weighted by Crippen LogP contribution is -2.40. The summed E-state index contributed by atoms with van der Waals surface area (Å²) >= 11 is 0. The van der Waals surface area contributed by atoms with Gasteiger partial charge in [0.1, 0.15) is 0 Å². The number of nitro benzene ring substituents is 1. The Hall–Kier alpha value is -2.98. The number of piperidine rings is 1. The first-order valence-electron chi connectivity index (χ1n) is 11.2. The van der Waals surface area contributed by atoms with Crippen molar-refractivity contribution < 1.29 is 22.9 Å². The van der Waals surface area contributed by atoms with E-state index in [0.717, 1.165) is 38.2 Å². The number of nitrogens with zero attached hydrogens (tertiary/aromatic N) is 3. The summed E-state index contributed by atoms with van der Waals surface area (Å²) in [6.07, 6.45) is 3.31. The molecule has 10 heteroatoms. The smallest absolute Gasteiger partial charge is 0.312 e. The standard InChI is InChI=1S/C23H27N3O6S/c27-23(24-13-5-2-6-14-24)22(18-9-3-1-4-10-18)32-21-12-11-19(17-20(21)26(28)29)33(30,31)25-15-7-8-16-25/h1,3-4,9-12,17,22H,2,5-8,13-16H2/t22-/m0/s1. The number of carbonyl (C=O) groups excluding carboxylic acids is 1. The van der Waals surface area contributed by atoms with Gasteiger partial charge in [-0.15, -0.1) is 0 Å². The second-order valence-corrected chi connectivity index (χ2v) is 10.2. The fourth-order valence-corrected chi connectivity index (χ4v) is 5.81. The second-order valence-electron chi connectivity index (χ2n) is 8.29. The molecule has 1 atom stereocenters. The lowest BCUT2D eigenvalue weighted by Gasteiger charge is -2.30. The van der Waals surface area contributed by atoms with Crippen LogP contribution < -0.4 is 4.74 Å². The van der Waals surface area contributed by atoms with E-state index in [2.05, 4.69) is 0 Å². The van der Waals surface area contributed by atoms with E-state index < -0.39 is 26.7 Å². The molecular weight excluding hydrogens is 446 g/mol. The van der Waals surface area contributed by atoms with Gasteiger partial charge in [-0.25, -0.2) is 8.42 Å². The van der Waals surface area contributed by atoms with Crippen molar-refractivity contribution in [3.8, 4) is 5.75 Å². The molecule has 0 aromatic heterocycles. The van der Waals surface area contributed by atoms with Gasteiger partial charge in [0.25, 0.3) is 5.91 Å². The summed E-state index contributed by atoms with van der Waals surface area (Å²) in [5.74, 6) is -0.399. The van der Waals surface area contributed by atoms with Gasteiger partial charge < -0.3 is 9.64 Å². The van der Waals surface area contributed by atoms with Crippen LogP contribution >= 0.6 is 0 Å². The normalized spacial score (nSPS) is 18.1. The van der Waals surface area contributed by atoms with Crippen LogP contribution in [0.1, 0.15) is 43.8 Å². The molecule has 2 aliphatic rings. The van der Waals surface area contributed by atoms with Crippen LogP contribution in [0.15, 0.2) is 53.4 Å². The largest absolute Gasteiger partial charge is 0.469 e. The fourth-order valence-electron chi connectivity index (χ4n) is 4.27. The highest BCUT2D eigenvalue weighted by Crippen LogP contribution is 2.35. The zero-order valence-electron chi connectivity index (χ0n) is 18.3. The molecule has 0 unspecified atom stereocenters.